The van der Waals surface area contributed by atoms with Gasteiger partial charge < -0.3 is 23.8 Å². The zero-order valence-electron chi connectivity index (χ0n) is 17.2. The van der Waals surface area contributed by atoms with Crippen molar-refractivity contribution in [3.8, 4) is 23.0 Å². The highest BCUT2D eigenvalue weighted by Gasteiger charge is 2.50. The topological polar surface area (TPSA) is 57.2 Å². The third kappa shape index (κ3) is 3.25. The molecule has 7 heteroatoms. The van der Waals surface area contributed by atoms with Gasteiger partial charge in [0.2, 0.25) is 11.7 Å². The molecule has 0 radical (unpaired) electrons. The maximum Gasteiger partial charge on any atom is 0.238 e. The first-order chi connectivity index (χ1) is 14.6. The third-order valence-electron chi connectivity index (χ3n) is 5.33. The minimum atomic E-state index is -0.238. The molecule has 3 aromatic rings. The summed E-state index contributed by atoms with van der Waals surface area (Å²) in [6.45, 7) is 0. The number of hydrogen-bond donors (Lipinski definition) is 0. The van der Waals surface area contributed by atoms with Crippen molar-refractivity contribution in [2.45, 2.75) is 12.0 Å². The van der Waals surface area contributed by atoms with Crippen LogP contribution in [0.4, 0.5) is 5.69 Å². The zero-order chi connectivity index (χ0) is 21.3. The molecule has 0 aliphatic carbocycles. The van der Waals surface area contributed by atoms with Crippen molar-refractivity contribution in [3.63, 3.8) is 0 Å². The molecule has 156 valence electrons. The number of rotatable bonds is 7. The van der Waals surface area contributed by atoms with Crippen molar-refractivity contribution in [2.75, 3.05) is 33.3 Å². The molecule has 1 aliphatic rings. The number of anilines is 1. The lowest BCUT2D eigenvalue weighted by atomic mass is 9.80. The molecule has 0 bridgehead atoms. The molecule has 1 aromatic heterocycles. The van der Waals surface area contributed by atoms with Gasteiger partial charge in [0, 0.05) is 17.0 Å². The van der Waals surface area contributed by atoms with Gasteiger partial charge in [-0.05, 0) is 29.1 Å². The summed E-state index contributed by atoms with van der Waals surface area (Å²) in [7, 11) is 6.32. The lowest BCUT2D eigenvalue weighted by molar-refractivity contribution is -0.126. The van der Waals surface area contributed by atoms with E-state index < -0.39 is 0 Å². The second-order valence-electron chi connectivity index (χ2n) is 6.80. The summed E-state index contributed by atoms with van der Waals surface area (Å²) in [6.07, 6.45) is 0. The molecule has 1 amide bonds. The Morgan fingerprint density at radius 1 is 0.867 bits per heavy atom. The highest BCUT2D eigenvalue weighted by molar-refractivity contribution is 7.10. The van der Waals surface area contributed by atoms with Gasteiger partial charge in [-0.25, -0.2) is 0 Å². The number of amides is 1. The number of thiophene rings is 1. The number of hydrogen-bond acceptors (Lipinski definition) is 6. The molecule has 4 rings (SSSR count). The highest BCUT2D eigenvalue weighted by atomic mass is 32.1. The first-order valence-corrected chi connectivity index (χ1v) is 10.3. The number of methoxy groups -OCH3 is 4. The molecule has 1 fully saturated rings. The van der Waals surface area contributed by atoms with Crippen LogP contribution >= 0.6 is 11.3 Å². The van der Waals surface area contributed by atoms with Gasteiger partial charge in [-0.1, -0.05) is 18.2 Å². The average Bonchev–Trinajstić information content (AvgIpc) is 3.30. The van der Waals surface area contributed by atoms with E-state index in [1.165, 1.54) is 0 Å². The Hall–Kier alpha value is -3.19. The number of nitrogens with zero attached hydrogens (tertiary/aromatic N) is 1. The van der Waals surface area contributed by atoms with Crippen LogP contribution in [-0.4, -0.2) is 34.3 Å². The fraction of sp³-hybridized carbons (Fsp3) is 0.261. The van der Waals surface area contributed by atoms with Crippen LogP contribution in [0.2, 0.25) is 0 Å². The quantitative estimate of drug-likeness (QED) is 0.516. The predicted molar refractivity (Wildman–Crippen MR) is 116 cm³/mol. The summed E-state index contributed by atoms with van der Waals surface area (Å²) < 4.78 is 21.7. The van der Waals surface area contributed by atoms with Crippen LogP contribution in [0.3, 0.4) is 0 Å². The highest BCUT2D eigenvalue weighted by Crippen LogP contribution is 2.52. The van der Waals surface area contributed by atoms with E-state index in [1.807, 2.05) is 41.8 Å². The van der Waals surface area contributed by atoms with Crippen molar-refractivity contribution in [1.82, 2.24) is 0 Å². The van der Waals surface area contributed by atoms with Crippen LogP contribution in [0.5, 0.6) is 23.0 Å². The van der Waals surface area contributed by atoms with E-state index >= 15 is 0 Å². The van der Waals surface area contributed by atoms with Crippen molar-refractivity contribution in [1.29, 1.82) is 0 Å². The number of ether oxygens (including phenoxy) is 4. The lowest BCUT2D eigenvalue weighted by Crippen LogP contribution is -2.53. The van der Waals surface area contributed by atoms with Crippen molar-refractivity contribution in [3.05, 3.63) is 64.4 Å². The van der Waals surface area contributed by atoms with Crippen molar-refractivity contribution in [2.24, 2.45) is 0 Å². The van der Waals surface area contributed by atoms with Gasteiger partial charge in [0.25, 0.3) is 0 Å². The van der Waals surface area contributed by atoms with Gasteiger partial charge in [0.1, 0.15) is 5.75 Å². The van der Waals surface area contributed by atoms with Gasteiger partial charge in [-0.3, -0.25) is 4.79 Å². The van der Waals surface area contributed by atoms with E-state index in [9.17, 15) is 4.79 Å². The smallest absolute Gasteiger partial charge is 0.238 e. The summed E-state index contributed by atoms with van der Waals surface area (Å²) in [4.78, 5) is 16.2. The normalized spacial score (nSPS) is 18.0. The second-order valence-corrected chi connectivity index (χ2v) is 7.78. The van der Waals surface area contributed by atoms with E-state index in [4.69, 9.17) is 18.9 Å². The van der Waals surface area contributed by atoms with Crippen molar-refractivity contribution >= 4 is 22.9 Å². The third-order valence-corrected chi connectivity index (χ3v) is 6.29. The molecule has 6 nitrogen and oxygen atoms in total. The maximum atomic E-state index is 13.3. The fourth-order valence-corrected chi connectivity index (χ4v) is 4.72. The first kappa shape index (κ1) is 20.1. The monoisotopic (exact) mass is 425 g/mol. The standard InChI is InChI=1S/C23H23NO5S/c1-26-16-9-7-14(8-10-16)21-20(19-6-5-11-30-19)23(25)24(21)15-12-17(27-2)22(29-4)18(13-15)28-3/h5-13,20-21H,1-4H3/t20-,21-/m1/s1. The Bertz CT molecular complexity index is 1010. The van der Waals surface area contributed by atoms with Crippen LogP contribution in [0.25, 0.3) is 0 Å². The Kier molecular flexibility index (Phi) is 5.55. The Labute approximate surface area is 179 Å². The Balaban J connectivity index is 1.80. The van der Waals surface area contributed by atoms with Gasteiger partial charge in [0.15, 0.2) is 11.5 Å². The average molecular weight is 426 g/mol. The molecule has 2 atom stereocenters. The minimum Gasteiger partial charge on any atom is -0.497 e. The Morgan fingerprint density at radius 3 is 2.03 bits per heavy atom. The van der Waals surface area contributed by atoms with Gasteiger partial charge in [-0.2, -0.15) is 0 Å². The van der Waals surface area contributed by atoms with E-state index in [-0.39, 0.29) is 17.9 Å². The van der Waals surface area contributed by atoms with E-state index in [1.54, 1.807) is 56.8 Å². The number of carbonyl (C=O) groups excluding carboxylic acids is 1. The Morgan fingerprint density at radius 2 is 1.53 bits per heavy atom. The molecule has 1 saturated heterocycles. The molecule has 1 aliphatic heterocycles. The van der Waals surface area contributed by atoms with Crippen LogP contribution in [-0.2, 0) is 4.79 Å². The van der Waals surface area contributed by atoms with E-state index in [0.717, 1.165) is 16.2 Å². The molecule has 0 N–H and O–H groups in total. The van der Waals surface area contributed by atoms with E-state index in [0.29, 0.717) is 22.9 Å². The summed E-state index contributed by atoms with van der Waals surface area (Å²) in [5.74, 6) is 2.08. The van der Waals surface area contributed by atoms with Crippen LogP contribution in [0.15, 0.2) is 53.9 Å². The van der Waals surface area contributed by atoms with Crippen LogP contribution < -0.4 is 23.8 Å². The van der Waals surface area contributed by atoms with Gasteiger partial charge in [0.05, 0.1) is 46.1 Å². The van der Waals surface area contributed by atoms with Gasteiger partial charge >= 0.3 is 0 Å². The van der Waals surface area contributed by atoms with Crippen molar-refractivity contribution < 1.29 is 23.7 Å². The fourth-order valence-electron chi connectivity index (χ4n) is 3.87. The molecular formula is C23H23NO5S. The molecule has 0 unspecified atom stereocenters. The minimum absolute atomic E-state index is 0.0348. The zero-order valence-corrected chi connectivity index (χ0v) is 18.1. The first-order valence-electron chi connectivity index (χ1n) is 9.43. The maximum absolute atomic E-state index is 13.3. The SMILES string of the molecule is COc1ccc([C@@H]2[C@@H](c3cccs3)C(=O)N2c2cc(OC)c(OC)c(OC)c2)cc1. The number of carbonyl (C=O) groups is 1. The number of benzene rings is 2. The van der Waals surface area contributed by atoms with Gasteiger partial charge in [-0.15, -0.1) is 11.3 Å². The summed E-state index contributed by atoms with van der Waals surface area (Å²) in [5, 5.41) is 2.00. The van der Waals surface area contributed by atoms with E-state index in [2.05, 4.69) is 0 Å². The molecule has 30 heavy (non-hydrogen) atoms. The molecule has 0 saturated carbocycles. The number of β-lactam (4-membered cyclic amide) rings is 1. The lowest BCUT2D eigenvalue weighted by Gasteiger charge is -2.47. The largest absolute Gasteiger partial charge is 0.497 e. The molecular weight excluding hydrogens is 402 g/mol. The summed E-state index contributed by atoms with van der Waals surface area (Å²) >= 11 is 1.59. The van der Waals surface area contributed by atoms with Crippen LogP contribution in [0.1, 0.15) is 22.4 Å². The summed E-state index contributed by atoms with van der Waals surface area (Å²) in [6, 6.07) is 15.3. The van der Waals surface area contributed by atoms with Crippen LogP contribution in [0, 0.1) is 0 Å². The second kappa shape index (κ2) is 8.28. The molecule has 2 aromatic carbocycles. The predicted octanol–water partition coefficient (Wildman–Crippen LogP) is 4.65. The summed E-state index contributed by atoms with van der Waals surface area (Å²) in [5.41, 5.74) is 1.73. The molecule has 2 heterocycles. The molecule has 0 spiro atoms.